The molecular weight excluding hydrogens is 417 g/mol. The third-order valence-corrected chi connectivity index (χ3v) is 5.49. The Morgan fingerprint density at radius 1 is 0.917 bits per heavy atom. The highest BCUT2D eigenvalue weighted by Gasteiger charge is 2.27. The number of aromatic nitrogens is 1. The van der Waals surface area contributed by atoms with E-state index < -0.39 is 0 Å². The summed E-state index contributed by atoms with van der Waals surface area (Å²) < 4.78 is 2.87. The second-order valence-electron chi connectivity index (χ2n) is 5.98. The number of halogens is 1. The lowest BCUT2D eigenvalue weighted by atomic mass is 10.2. The molecule has 24 heavy (non-hydrogen) atoms. The summed E-state index contributed by atoms with van der Waals surface area (Å²) >= 11 is 2.19. The minimum Gasteiger partial charge on any atom is -0.344 e. The van der Waals surface area contributed by atoms with Gasteiger partial charge in [-0.25, -0.2) is 0 Å². The monoisotopic (exact) mass is 437 g/mol. The van der Waals surface area contributed by atoms with Gasteiger partial charge in [-0.3, -0.25) is 9.59 Å². The molecule has 1 aliphatic rings. The van der Waals surface area contributed by atoms with Gasteiger partial charge in [-0.1, -0.05) is 12.1 Å². The van der Waals surface area contributed by atoms with E-state index in [1.54, 1.807) is 0 Å². The molecule has 2 amide bonds. The maximum Gasteiger partial charge on any atom is 0.270 e. The third-order valence-electron chi connectivity index (χ3n) is 4.55. The van der Waals surface area contributed by atoms with Crippen LogP contribution in [0.4, 0.5) is 0 Å². The molecule has 2 heterocycles. The molecule has 6 heteroatoms. The summed E-state index contributed by atoms with van der Waals surface area (Å²) in [6.45, 7) is 4.25. The normalized spacial score (nSPS) is 14.8. The molecule has 2 aromatic rings. The second kappa shape index (κ2) is 6.96. The number of hydrogen-bond acceptors (Lipinski definition) is 2. The standard InChI is InChI=1S/C18H20IN3O2/c1-13-7-8-16(20(13)2)18(24)22-11-9-21(10-12-22)17(23)14-5-3-4-6-15(14)19/h3-8H,9-12H2,1-2H3. The van der Waals surface area contributed by atoms with Gasteiger partial charge in [0.1, 0.15) is 5.69 Å². The predicted molar refractivity (Wildman–Crippen MR) is 101 cm³/mol. The molecule has 0 saturated carbocycles. The van der Waals surface area contributed by atoms with Crippen molar-refractivity contribution in [3.63, 3.8) is 0 Å². The van der Waals surface area contributed by atoms with Crippen molar-refractivity contribution in [1.82, 2.24) is 14.4 Å². The van der Waals surface area contributed by atoms with Crippen LogP contribution < -0.4 is 0 Å². The van der Waals surface area contributed by atoms with Gasteiger partial charge in [-0.05, 0) is 53.8 Å². The van der Waals surface area contributed by atoms with Crippen molar-refractivity contribution < 1.29 is 9.59 Å². The van der Waals surface area contributed by atoms with Crippen molar-refractivity contribution in [2.45, 2.75) is 6.92 Å². The molecule has 1 saturated heterocycles. The molecule has 0 unspecified atom stereocenters. The van der Waals surface area contributed by atoms with Gasteiger partial charge < -0.3 is 14.4 Å². The molecule has 0 aliphatic carbocycles. The lowest BCUT2D eigenvalue weighted by molar-refractivity contribution is 0.0529. The highest BCUT2D eigenvalue weighted by Crippen LogP contribution is 2.17. The Kier molecular flexibility index (Phi) is 4.93. The number of piperazine rings is 1. The van der Waals surface area contributed by atoms with Gasteiger partial charge in [0.2, 0.25) is 0 Å². The van der Waals surface area contributed by atoms with Gasteiger partial charge in [0.15, 0.2) is 0 Å². The summed E-state index contributed by atoms with van der Waals surface area (Å²) in [5.74, 6) is 0.0776. The molecule has 0 spiro atoms. The summed E-state index contributed by atoms with van der Waals surface area (Å²) in [6, 6.07) is 11.4. The Balaban J connectivity index is 1.66. The first kappa shape index (κ1) is 17.0. The summed E-state index contributed by atoms with van der Waals surface area (Å²) in [4.78, 5) is 28.9. The Morgan fingerprint density at radius 3 is 2.04 bits per heavy atom. The van der Waals surface area contributed by atoms with E-state index in [-0.39, 0.29) is 11.8 Å². The van der Waals surface area contributed by atoms with Gasteiger partial charge >= 0.3 is 0 Å². The van der Waals surface area contributed by atoms with Crippen molar-refractivity contribution >= 4 is 34.4 Å². The zero-order valence-corrected chi connectivity index (χ0v) is 16.0. The number of carbonyl (C=O) groups excluding carboxylic acids is 2. The van der Waals surface area contributed by atoms with Crippen molar-refractivity contribution in [2.75, 3.05) is 26.2 Å². The van der Waals surface area contributed by atoms with Gasteiger partial charge in [0.05, 0.1) is 5.56 Å². The number of carbonyl (C=O) groups is 2. The van der Waals surface area contributed by atoms with Crippen molar-refractivity contribution in [3.05, 3.63) is 56.9 Å². The number of rotatable bonds is 2. The molecule has 1 aliphatic heterocycles. The fourth-order valence-corrected chi connectivity index (χ4v) is 3.53. The molecule has 0 radical (unpaired) electrons. The van der Waals surface area contributed by atoms with Crippen LogP contribution in [-0.2, 0) is 7.05 Å². The first-order valence-corrected chi connectivity index (χ1v) is 9.02. The zero-order valence-electron chi connectivity index (χ0n) is 13.8. The zero-order chi connectivity index (χ0) is 17.3. The molecule has 0 N–H and O–H groups in total. The van der Waals surface area contributed by atoms with Crippen LogP contribution in [0.25, 0.3) is 0 Å². The van der Waals surface area contributed by atoms with E-state index in [0.29, 0.717) is 31.9 Å². The van der Waals surface area contributed by atoms with Crippen molar-refractivity contribution in [2.24, 2.45) is 7.05 Å². The fraction of sp³-hybridized carbons (Fsp3) is 0.333. The Bertz CT molecular complexity index is 776. The Morgan fingerprint density at radius 2 is 1.50 bits per heavy atom. The number of nitrogens with zero attached hydrogens (tertiary/aromatic N) is 3. The van der Waals surface area contributed by atoms with Crippen LogP contribution in [0.3, 0.4) is 0 Å². The number of aryl methyl sites for hydroxylation is 1. The molecule has 1 aromatic carbocycles. The lowest BCUT2D eigenvalue weighted by Crippen LogP contribution is -2.51. The van der Waals surface area contributed by atoms with Crippen LogP contribution in [0.15, 0.2) is 36.4 Å². The van der Waals surface area contributed by atoms with E-state index in [1.165, 1.54) is 0 Å². The number of benzene rings is 1. The molecule has 0 atom stereocenters. The number of hydrogen-bond donors (Lipinski definition) is 0. The predicted octanol–water partition coefficient (Wildman–Crippen LogP) is 2.54. The van der Waals surface area contributed by atoms with Crippen LogP contribution in [0.2, 0.25) is 0 Å². The first-order chi connectivity index (χ1) is 11.5. The van der Waals surface area contributed by atoms with E-state index in [0.717, 1.165) is 14.8 Å². The maximum atomic E-state index is 12.6. The van der Waals surface area contributed by atoms with E-state index in [2.05, 4.69) is 22.6 Å². The molecule has 1 fully saturated rings. The van der Waals surface area contributed by atoms with Crippen molar-refractivity contribution in [1.29, 1.82) is 0 Å². The third kappa shape index (κ3) is 3.19. The highest BCUT2D eigenvalue weighted by atomic mass is 127. The highest BCUT2D eigenvalue weighted by molar-refractivity contribution is 14.1. The van der Waals surface area contributed by atoms with E-state index in [9.17, 15) is 9.59 Å². The average molecular weight is 437 g/mol. The summed E-state index contributed by atoms with van der Waals surface area (Å²) in [7, 11) is 1.90. The largest absolute Gasteiger partial charge is 0.344 e. The van der Waals surface area contributed by atoms with Crippen LogP contribution >= 0.6 is 22.6 Å². The molecule has 126 valence electrons. The maximum absolute atomic E-state index is 12.6. The molecule has 1 aromatic heterocycles. The SMILES string of the molecule is Cc1ccc(C(=O)N2CCN(C(=O)c3ccccc3I)CC2)n1C. The quantitative estimate of drug-likeness (QED) is 0.679. The van der Waals surface area contributed by atoms with Gasteiger partial charge in [0.25, 0.3) is 11.8 Å². The topological polar surface area (TPSA) is 45.6 Å². The van der Waals surface area contributed by atoms with Crippen LogP contribution in [0.5, 0.6) is 0 Å². The summed E-state index contributed by atoms with van der Waals surface area (Å²) in [5.41, 5.74) is 2.49. The smallest absolute Gasteiger partial charge is 0.270 e. The number of amides is 2. The average Bonchev–Trinajstić information content (AvgIpc) is 2.93. The Labute approximate surface area is 155 Å². The van der Waals surface area contributed by atoms with Gasteiger partial charge in [-0.15, -0.1) is 0 Å². The molecule has 3 rings (SSSR count). The van der Waals surface area contributed by atoms with Gasteiger partial charge in [0, 0.05) is 42.5 Å². The summed E-state index contributed by atoms with van der Waals surface area (Å²) in [5, 5.41) is 0. The minimum atomic E-state index is 0.0343. The molecular formula is C18H20IN3O2. The van der Waals surface area contributed by atoms with Crippen LogP contribution in [-0.4, -0.2) is 52.4 Å². The first-order valence-electron chi connectivity index (χ1n) is 7.94. The molecule has 0 bridgehead atoms. The van der Waals surface area contributed by atoms with Crippen LogP contribution in [0, 0.1) is 10.5 Å². The minimum absolute atomic E-state index is 0.0343. The van der Waals surface area contributed by atoms with E-state index in [1.807, 2.05) is 64.7 Å². The van der Waals surface area contributed by atoms with Crippen LogP contribution in [0.1, 0.15) is 26.5 Å². The second-order valence-corrected chi connectivity index (χ2v) is 7.15. The van der Waals surface area contributed by atoms with E-state index in [4.69, 9.17) is 0 Å². The Hall–Kier alpha value is -1.83. The molecule has 5 nitrogen and oxygen atoms in total. The fourth-order valence-electron chi connectivity index (χ4n) is 2.91. The van der Waals surface area contributed by atoms with Gasteiger partial charge in [-0.2, -0.15) is 0 Å². The summed E-state index contributed by atoms with van der Waals surface area (Å²) in [6.07, 6.45) is 0. The lowest BCUT2D eigenvalue weighted by Gasteiger charge is -2.35. The van der Waals surface area contributed by atoms with E-state index >= 15 is 0 Å². The van der Waals surface area contributed by atoms with Crippen molar-refractivity contribution in [3.8, 4) is 0 Å².